The van der Waals surface area contributed by atoms with E-state index in [0.29, 0.717) is 36.1 Å². The second-order valence-corrected chi connectivity index (χ2v) is 9.88. The number of methoxy groups -OCH3 is 1. The van der Waals surface area contributed by atoms with Crippen molar-refractivity contribution in [2.24, 2.45) is 11.7 Å². The molecule has 2 aromatic rings. The number of aryl methyl sites for hydroxylation is 1. The molecule has 38 heavy (non-hydrogen) atoms. The topological polar surface area (TPSA) is 123 Å². The van der Waals surface area contributed by atoms with Crippen LogP contribution in [0.5, 0.6) is 0 Å². The van der Waals surface area contributed by atoms with Crippen LogP contribution in [-0.4, -0.2) is 80.2 Å². The third-order valence-corrected chi connectivity index (χ3v) is 7.18. The number of amides is 2. The van der Waals surface area contributed by atoms with E-state index in [1.165, 1.54) is 13.2 Å². The van der Waals surface area contributed by atoms with Crippen molar-refractivity contribution in [2.75, 3.05) is 40.0 Å². The van der Waals surface area contributed by atoms with Gasteiger partial charge in [-0.25, -0.2) is 9.18 Å². The van der Waals surface area contributed by atoms with Gasteiger partial charge in [-0.1, -0.05) is 42.0 Å². The SMILES string of the molecule is COC(=O)NCCOC(c1cccc(F)c1-c1cccc(C)c1)[C@@H]1CN(C(=O)[C@H]2C[C@@H](N)[C@@H](O)C2)CCO1. The molecule has 0 aromatic heterocycles. The number of rotatable bonds is 8. The van der Waals surface area contributed by atoms with Crippen LogP contribution >= 0.6 is 0 Å². The number of morpholine rings is 1. The Labute approximate surface area is 222 Å². The predicted octanol–water partition coefficient (Wildman–Crippen LogP) is 2.54. The molecule has 2 amide bonds. The Kier molecular flexibility index (Phi) is 9.32. The number of aliphatic hydroxyl groups is 1. The molecule has 5 atom stereocenters. The first kappa shape index (κ1) is 28.0. The third-order valence-electron chi connectivity index (χ3n) is 7.18. The van der Waals surface area contributed by atoms with E-state index in [9.17, 15) is 14.7 Å². The average Bonchev–Trinajstić information content (AvgIpc) is 3.25. The van der Waals surface area contributed by atoms with Gasteiger partial charge in [0.2, 0.25) is 5.91 Å². The van der Waals surface area contributed by atoms with E-state index in [0.717, 1.165) is 5.56 Å². The summed E-state index contributed by atoms with van der Waals surface area (Å²) in [5.74, 6) is -0.819. The lowest BCUT2D eigenvalue weighted by Crippen LogP contribution is -2.50. The Morgan fingerprint density at radius 1 is 1.26 bits per heavy atom. The first-order chi connectivity index (χ1) is 18.3. The van der Waals surface area contributed by atoms with Gasteiger partial charge in [-0.05, 0) is 37.0 Å². The van der Waals surface area contributed by atoms with Crippen LogP contribution in [0.25, 0.3) is 11.1 Å². The predicted molar refractivity (Wildman–Crippen MR) is 139 cm³/mol. The first-order valence-electron chi connectivity index (χ1n) is 12.9. The van der Waals surface area contributed by atoms with Gasteiger partial charge in [0.1, 0.15) is 18.0 Å². The lowest BCUT2D eigenvalue weighted by Gasteiger charge is -2.38. The molecule has 1 aliphatic carbocycles. The molecule has 2 aliphatic rings. The van der Waals surface area contributed by atoms with Crippen LogP contribution in [0.4, 0.5) is 9.18 Å². The highest BCUT2D eigenvalue weighted by Crippen LogP contribution is 2.37. The standard InChI is InChI=1S/C28H36FN3O6/c1-17-5-3-6-18(13-17)25-20(7-4-8-21(25)29)26(38-11-9-31-28(35)36-2)24-16-32(10-12-37-24)27(34)19-14-22(30)23(33)15-19/h3-8,13,19,22-24,26,33H,9-12,14-16,30H2,1-2H3,(H,31,35)/t19-,22+,23-,24-,26?/m0/s1. The van der Waals surface area contributed by atoms with Crippen molar-refractivity contribution < 1.29 is 33.3 Å². The summed E-state index contributed by atoms with van der Waals surface area (Å²) in [4.78, 5) is 26.5. The summed E-state index contributed by atoms with van der Waals surface area (Å²) in [7, 11) is 1.28. The minimum absolute atomic E-state index is 0.0745. The minimum Gasteiger partial charge on any atom is -0.453 e. The van der Waals surface area contributed by atoms with Crippen LogP contribution in [0.3, 0.4) is 0 Å². The number of benzene rings is 2. The lowest BCUT2D eigenvalue weighted by molar-refractivity contribution is -0.152. The molecule has 4 rings (SSSR count). The number of carbonyl (C=O) groups excluding carboxylic acids is 2. The molecule has 1 aliphatic heterocycles. The van der Waals surface area contributed by atoms with Crippen molar-refractivity contribution in [3.05, 3.63) is 59.4 Å². The fourth-order valence-corrected chi connectivity index (χ4v) is 5.26. The molecule has 1 heterocycles. The van der Waals surface area contributed by atoms with Gasteiger partial charge in [-0.3, -0.25) is 4.79 Å². The molecule has 1 saturated heterocycles. The lowest BCUT2D eigenvalue weighted by atomic mass is 9.91. The van der Waals surface area contributed by atoms with Crippen LogP contribution in [0.1, 0.15) is 30.1 Å². The quantitative estimate of drug-likeness (QED) is 0.449. The number of hydrogen-bond donors (Lipinski definition) is 3. The van der Waals surface area contributed by atoms with Crippen molar-refractivity contribution in [1.29, 1.82) is 0 Å². The zero-order chi connectivity index (χ0) is 27.2. The molecule has 1 saturated carbocycles. The maximum atomic E-state index is 15.3. The fourth-order valence-electron chi connectivity index (χ4n) is 5.26. The summed E-state index contributed by atoms with van der Waals surface area (Å²) in [5, 5.41) is 12.6. The smallest absolute Gasteiger partial charge is 0.406 e. The first-order valence-corrected chi connectivity index (χ1v) is 12.9. The normalized spacial score (nSPS) is 24.2. The summed E-state index contributed by atoms with van der Waals surface area (Å²) >= 11 is 0. The molecular formula is C28H36FN3O6. The maximum absolute atomic E-state index is 15.3. The number of carbonyl (C=O) groups is 2. The number of hydrogen-bond acceptors (Lipinski definition) is 7. The number of nitrogens with zero attached hydrogens (tertiary/aromatic N) is 1. The van der Waals surface area contributed by atoms with Gasteiger partial charge in [0, 0.05) is 37.2 Å². The van der Waals surface area contributed by atoms with Crippen LogP contribution < -0.4 is 11.1 Å². The van der Waals surface area contributed by atoms with Crippen molar-refractivity contribution in [1.82, 2.24) is 10.2 Å². The number of nitrogens with one attached hydrogen (secondary N) is 1. The molecule has 9 nitrogen and oxygen atoms in total. The summed E-state index contributed by atoms with van der Waals surface area (Å²) < 4.78 is 32.3. The van der Waals surface area contributed by atoms with E-state index < -0.39 is 36.3 Å². The highest BCUT2D eigenvalue weighted by Gasteiger charge is 2.40. The Morgan fingerprint density at radius 3 is 2.76 bits per heavy atom. The number of nitrogens with two attached hydrogens (primary N) is 1. The monoisotopic (exact) mass is 529 g/mol. The summed E-state index contributed by atoms with van der Waals surface area (Å²) in [6.45, 7) is 3.15. The maximum Gasteiger partial charge on any atom is 0.406 e. The minimum atomic E-state index is -0.729. The number of aliphatic hydroxyl groups excluding tert-OH is 1. The van der Waals surface area contributed by atoms with E-state index in [1.54, 1.807) is 17.0 Å². The largest absolute Gasteiger partial charge is 0.453 e. The molecule has 4 N–H and O–H groups in total. The van der Waals surface area contributed by atoms with Crippen molar-refractivity contribution in [3.63, 3.8) is 0 Å². The molecule has 10 heteroatoms. The summed E-state index contributed by atoms with van der Waals surface area (Å²) in [6.07, 6.45) is -1.82. The zero-order valence-corrected chi connectivity index (χ0v) is 21.8. The second-order valence-electron chi connectivity index (χ2n) is 9.88. The van der Waals surface area contributed by atoms with Gasteiger partial charge < -0.3 is 35.3 Å². The van der Waals surface area contributed by atoms with Gasteiger partial charge in [-0.15, -0.1) is 0 Å². The molecule has 0 spiro atoms. The molecule has 0 bridgehead atoms. The third kappa shape index (κ3) is 6.50. The second kappa shape index (κ2) is 12.7. The molecule has 2 aromatic carbocycles. The van der Waals surface area contributed by atoms with E-state index in [2.05, 4.69) is 10.1 Å². The van der Waals surface area contributed by atoms with Crippen LogP contribution in [0.15, 0.2) is 42.5 Å². The van der Waals surface area contributed by atoms with E-state index in [-0.39, 0.29) is 38.1 Å². The molecule has 2 fully saturated rings. The van der Waals surface area contributed by atoms with Crippen LogP contribution in [-0.2, 0) is 19.0 Å². The Morgan fingerprint density at radius 2 is 2.05 bits per heavy atom. The van der Waals surface area contributed by atoms with E-state index in [4.69, 9.17) is 15.2 Å². The highest BCUT2D eigenvalue weighted by atomic mass is 19.1. The van der Waals surface area contributed by atoms with Gasteiger partial charge in [0.05, 0.1) is 26.4 Å². The highest BCUT2D eigenvalue weighted by molar-refractivity contribution is 5.79. The molecule has 206 valence electrons. The van der Waals surface area contributed by atoms with Crippen molar-refractivity contribution in [3.8, 4) is 11.1 Å². The van der Waals surface area contributed by atoms with Gasteiger partial charge in [0.15, 0.2) is 0 Å². The van der Waals surface area contributed by atoms with Gasteiger partial charge in [0.25, 0.3) is 0 Å². The number of alkyl carbamates (subject to hydrolysis) is 1. The summed E-state index contributed by atoms with van der Waals surface area (Å²) in [5.41, 5.74) is 8.63. The van der Waals surface area contributed by atoms with Gasteiger partial charge in [-0.2, -0.15) is 0 Å². The Balaban J connectivity index is 1.61. The zero-order valence-electron chi connectivity index (χ0n) is 21.8. The number of ether oxygens (including phenoxy) is 3. The van der Waals surface area contributed by atoms with Crippen LogP contribution in [0.2, 0.25) is 0 Å². The van der Waals surface area contributed by atoms with E-state index >= 15 is 4.39 Å². The van der Waals surface area contributed by atoms with Crippen LogP contribution in [0, 0.1) is 18.7 Å². The fraction of sp³-hybridized carbons (Fsp3) is 0.500. The van der Waals surface area contributed by atoms with Crippen molar-refractivity contribution in [2.45, 2.75) is 44.1 Å². The average molecular weight is 530 g/mol. The number of halogens is 1. The van der Waals surface area contributed by atoms with E-state index in [1.807, 2.05) is 31.2 Å². The molecule has 0 radical (unpaired) electrons. The molecular weight excluding hydrogens is 493 g/mol. The van der Waals surface area contributed by atoms with Gasteiger partial charge >= 0.3 is 6.09 Å². The Hall–Kier alpha value is -3.05. The Bertz CT molecular complexity index is 1120. The summed E-state index contributed by atoms with van der Waals surface area (Å²) in [6, 6.07) is 12.0. The molecule has 1 unspecified atom stereocenters. The van der Waals surface area contributed by atoms with Crippen molar-refractivity contribution >= 4 is 12.0 Å².